The summed E-state index contributed by atoms with van der Waals surface area (Å²) < 4.78 is 3.02. The summed E-state index contributed by atoms with van der Waals surface area (Å²) in [5.74, 6) is 0. The van der Waals surface area contributed by atoms with Crippen LogP contribution in [0.25, 0.3) is 0 Å². The van der Waals surface area contributed by atoms with E-state index < -0.39 is 0 Å². The van der Waals surface area contributed by atoms with Crippen molar-refractivity contribution in [2.45, 2.75) is 13.5 Å². The lowest BCUT2D eigenvalue weighted by Gasteiger charge is -2.05. The van der Waals surface area contributed by atoms with Crippen LogP contribution in [0.1, 0.15) is 11.3 Å². The number of hydrogen-bond acceptors (Lipinski definition) is 3. The van der Waals surface area contributed by atoms with Gasteiger partial charge >= 0.3 is 0 Å². The van der Waals surface area contributed by atoms with Crippen LogP contribution in [0.4, 0.5) is 0 Å². The van der Waals surface area contributed by atoms with E-state index in [9.17, 15) is 4.79 Å². The maximum Gasteiger partial charge on any atom is 0.288 e. The van der Waals surface area contributed by atoms with Gasteiger partial charge in [0.15, 0.2) is 5.15 Å². The smallest absolute Gasteiger partial charge is 0.288 e. The van der Waals surface area contributed by atoms with E-state index in [0.29, 0.717) is 11.7 Å². The monoisotopic (exact) mass is 272 g/mol. The zero-order valence-electron chi connectivity index (χ0n) is 9.31. The molecule has 0 N–H and O–H groups in total. The molecule has 5 nitrogen and oxygen atoms in total. The molecule has 90 valence electrons. The minimum Gasteiger partial charge on any atom is -0.307 e. The summed E-state index contributed by atoms with van der Waals surface area (Å²) in [5.41, 5.74) is 1.25. The summed E-state index contributed by atoms with van der Waals surface area (Å²) in [6.45, 7) is 2.18. The van der Waals surface area contributed by atoms with Crippen LogP contribution in [0.5, 0.6) is 0 Å². The highest BCUT2D eigenvalue weighted by Crippen LogP contribution is 2.19. The molecule has 0 saturated heterocycles. The summed E-state index contributed by atoms with van der Waals surface area (Å²) in [5, 5.41) is 4.64. The lowest BCUT2D eigenvalue weighted by molar-refractivity contribution is 0.742. The van der Waals surface area contributed by atoms with Gasteiger partial charge in [0, 0.05) is 25.0 Å². The quantitative estimate of drug-likeness (QED) is 0.835. The van der Waals surface area contributed by atoms with Gasteiger partial charge in [0.05, 0.1) is 12.2 Å². The second kappa shape index (κ2) is 4.50. The minimum absolute atomic E-state index is 0.0508. The highest BCUT2D eigenvalue weighted by Gasteiger charge is 2.12. The first kappa shape index (κ1) is 12.1. The Labute approximate surface area is 108 Å². The third-order valence-electron chi connectivity index (χ3n) is 2.47. The number of halogens is 2. The van der Waals surface area contributed by atoms with Crippen molar-refractivity contribution in [3.8, 4) is 0 Å². The first-order valence-corrected chi connectivity index (χ1v) is 5.65. The molecule has 2 aromatic rings. The number of rotatable bonds is 2. The van der Waals surface area contributed by atoms with Crippen molar-refractivity contribution in [1.82, 2.24) is 19.3 Å². The van der Waals surface area contributed by atoms with Crippen LogP contribution in [0.3, 0.4) is 0 Å². The van der Waals surface area contributed by atoms with E-state index in [1.165, 1.54) is 10.8 Å². The zero-order chi connectivity index (χ0) is 12.6. The van der Waals surface area contributed by atoms with Gasteiger partial charge in [0.1, 0.15) is 5.15 Å². The van der Waals surface area contributed by atoms with Gasteiger partial charge in [-0.2, -0.15) is 5.10 Å². The van der Waals surface area contributed by atoms with E-state index in [0.717, 1.165) is 11.3 Å². The lowest BCUT2D eigenvalue weighted by atomic mass is 10.2. The van der Waals surface area contributed by atoms with Crippen molar-refractivity contribution in [3.05, 3.63) is 44.3 Å². The van der Waals surface area contributed by atoms with Crippen LogP contribution < -0.4 is 5.56 Å². The van der Waals surface area contributed by atoms with Crippen LogP contribution in [-0.4, -0.2) is 19.3 Å². The fourth-order valence-corrected chi connectivity index (χ4v) is 1.97. The predicted molar refractivity (Wildman–Crippen MR) is 65.6 cm³/mol. The van der Waals surface area contributed by atoms with E-state index in [4.69, 9.17) is 23.2 Å². The number of nitrogens with zero attached hydrogens (tertiary/aromatic N) is 4. The molecule has 0 fully saturated rings. The normalized spacial score (nSPS) is 10.8. The van der Waals surface area contributed by atoms with E-state index in [1.54, 1.807) is 17.9 Å². The molecule has 0 unspecified atom stereocenters. The minimum atomic E-state index is -0.339. The Hall–Kier alpha value is -1.33. The maximum atomic E-state index is 11.7. The molecule has 0 saturated carbocycles. The Morgan fingerprint density at radius 3 is 2.71 bits per heavy atom. The topological polar surface area (TPSA) is 52.7 Å². The molecule has 0 radical (unpaired) electrons. The second-order valence-corrected chi connectivity index (χ2v) is 4.35. The van der Waals surface area contributed by atoms with Crippen molar-refractivity contribution in [1.29, 1.82) is 0 Å². The molecule has 0 bridgehead atoms. The van der Waals surface area contributed by atoms with Gasteiger partial charge in [0.2, 0.25) is 0 Å². The molecule has 2 rings (SSSR count). The number of aromatic nitrogens is 4. The Balaban J connectivity index is 2.45. The Morgan fingerprint density at radius 2 is 2.12 bits per heavy atom. The fourth-order valence-electron chi connectivity index (χ4n) is 1.57. The van der Waals surface area contributed by atoms with Crippen LogP contribution in [0.2, 0.25) is 10.3 Å². The summed E-state index contributed by atoms with van der Waals surface area (Å²) in [4.78, 5) is 15.4. The van der Waals surface area contributed by atoms with Crippen molar-refractivity contribution >= 4 is 23.2 Å². The molecule has 0 aromatic carbocycles. The van der Waals surface area contributed by atoms with Crippen molar-refractivity contribution < 1.29 is 0 Å². The molecule has 0 spiro atoms. The van der Waals surface area contributed by atoms with Crippen LogP contribution >= 0.6 is 23.2 Å². The molecular formula is C10H10Cl2N4O. The van der Waals surface area contributed by atoms with Gasteiger partial charge in [-0.3, -0.25) is 9.48 Å². The molecule has 2 heterocycles. The molecule has 2 aromatic heterocycles. The molecule has 0 amide bonds. The summed E-state index contributed by atoms with van der Waals surface area (Å²) in [7, 11) is 1.75. The summed E-state index contributed by atoms with van der Waals surface area (Å²) >= 11 is 11.8. The highest BCUT2D eigenvalue weighted by atomic mass is 35.5. The first-order chi connectivity index (χ1) is 8.00. The van der Waals surface area contributed by atoms with E-state index in [-0.39, 0.29) is 10.7 Å². The summed E-state index contributed by atoms with van der Waals surface area (Å²) in [6, 6.07) is 0. The van der Waals surface area contributed by atoms with Gasteiger partial charge in [-0.15, -0.1) is 0 Å². The van der Waals surface area contributed by atoms with Crippen molar-refractivity contribution in [2.24, 2.45) is 7.05 Å². The summed E-state index contributed by atoms with van der Waals surface area (Å²) in [6.07, 6.45) is 3.04. The highest BCUT2D eigenvalue weighted by molar-refractivity contribution is 6.30. The van der Waals surface area contributed by atoms with Gasteiger partial charge < -0.3 is 4.57 Å². The van der Waals surface area contributed by atoms with Crippen LogP contribution in [-0.2, 0) is 13.6 Å². The first-order valence-electron chi connectivity index (χ1n) is 4.89. The SMILES string of the molecule is Cc1nn(C)c(Cl)c1Cn1ccnc(Cl)c1=O. The van der Waals surface area contributed by atoms with Crippen LogP contribution in [0.15, 0.2) is 17.2 Å². The standard InChI is InChI=1S/C10H10Cl2N4O/c1-6-7(9(12)15(2)14-6)5-16-4-3-13-8(11)10(16)17/h3-4H,5H2,1-2H3. The molecule has 0 aliphatic carbocycles. The van der Waals surface area contributed by atoms with Gasteiger partial charge in [-0.1, -0.05) is 23.2 Å². The molecule has 17 heavy (non-hydrogen) atoms. The van der Waals surface area contributed by atoms with Crippen molar-refractivity contribution in [3.63, 3.8) is 0 Å². The third kappa shape index (κ3) is 2.21. The lowest BCUT2D eigenvalue weighted by Crippen LogP contribution is -2.21. The fraction of sp³-hybridized carbons (Fsp3) is 0.300. The van der Waals surface area contributed by atoms with Crippen LogP contribution in [0, 0.1) is 6.92 Å². The number of hydrogen-bond donors (Lipinski definition) is 0. The molecule has 0 aliphatic rings. The van der Waals surface area contributed by atoms with E-state index in [2.05, 4.69) is 10.1 Å². The van der Waals surface area contributed by atoms with Gasteiger partial charge in [0.25, 0.3) is 5.56 Å². The van der Waals surface area contributed by atoms with E-state index in [1.807, 2.05) is 6.92 Å². The third-order valence-corrected chi connectivity index (χ3v) is 3.20. The molecule has 7 heteroatoms. The average molecular weight is 273 g/mol. The number of aryl methyl sites for hydroxylation is 2. The van der Waals surface area contributed by atoms with Crippen molar-refractivity contribution in [2.75, 3.05) is 0 Å². The largest absolute Gasteiger partial charge is 0.307 e. The average Bonchev–Trinajstić information content (AvgIpc) is 2.51. The molecular weight excluding hydrogens is 263 g/mol. The predicted octanol–water partition coefficient (Wildman–Crippen LogP) is 1.64. The van der Waals surface area contributed by atoms with Gasteiger partial charge in [-0.25, -0.2) is 4.98 Å². The molecule has 0 aliphatic heterocycles. The Kier molecular flexibility index (Phi) is 3.22. The maximum absolute atomic E-state index is 11.7. The Morgan fingerprint density at radius 1 is 1.41 bits per heavy atom. The second-order valence-electron chi connectivity index (χ2n) is 3.63. The van der Waals surface area contributed by atoms with Gasteiger partial charge in [-0.05, 0) is 6.92 Å². The molecule has 0 atom stereocenters. The zero-order valence-corrected chi connectivity index (χ0v) is 10.8. The Bertz CT molecular complexity index is 617. The van der Waals surface area contributed by atoms with E-state index >= 15 is 0 Å².